The lowest BCUT2D eigenvalue weighted by atomic mass is 10.1. The van der Waals surface area contributed by atoms with Crippen LogP contribution in [-0.4, -0.2) is 16.0 Å². The standard InChI is InChI=1S/C17H17N3O3/c1-11-15(12(2)23-20-11)6-7-17(21)19-14-5-3-4-13(8-14)16-9-18-10-22-16/h3-5,8-10H,6-7H2,1-2H3,(H,19,21). The number of benzene rings is 1. The van der Waals surface area contributed by atoms with E-state index in [0.29, 0.717) is 18.6 Å². The summed E-state index contributed by atoms with van der Waals surface area (Å²) in [4.78, 5) is 16.0. The quantitative estimate of drug-likeness (QED) is 0.779. The van der Waals surface area contributed by atoms with Gasteiger partial charge in [-0.15, -0.1) is 0 Å². The number of aromatic nitrogens is 2. The second kappa shape index (κ2) is 6.48. The summed E-state index contributed by atoms with van der Waals surface area (Å²) in [6.07, 6.45) is 3.99. The first kappa shape index (κ1) is 15.0. The van der Waals surface area contributed by atoms with Crippen LogP contribution in [0.5, 0.6) is 0 Å². The summed E-state index contributed by atoms with van der Waals surface area (Å²) < 4.78 is 10.4. The Morgan fingerprint density at radius 3 is 2.87 bits per heavy atom. The number of anilines is 1. The van der Waals surface area contributed by atoms with E-state index in [1.165, 1.54) is 6.39 Å². The van der Waals surface area contributed by atoms with Gasteiger partial charge in [0.05, 0.1) is 11.9 Å². The van der Waals surface area contributed by atoms with Gasteiger partial charge in [-0.3, -0.25) is 4.79 Å². The summed E-state index contributed by atoms with van der Waals surface area (Å²) >= 11 is 0. The van der Waals surface area contributed by atoms with Crippen LogP contribution < -0.4 is 5.32 Å². The average Bonchev–Trinajstić information content (AvgIpc) is 3.17. The van der Waals surface area contributed by atoms with Crippen molar-refractivity contribution in [2.24, 2.45) is 0 Å². The molecule has 0 saturated heterocycles. The zero-order chi connectivity index (χ0) is 16.2. The first-order valence-corrected chi connectivity index (χ1v) is 7.34. The van der Waals surface area contributed by atoms with E-state index in [4.69, 9.17) is 8.94 Å². The van der Waals surface area contributed by atoms with Crippen LogP contribution in [-0.2, 0) is 11.2 Å². The molecule has 1 aromatic carbocycles. The van der Waals surface area contributed by atoms with Crippen LogP contribution in [0, 0.1) is 13.8 Å². The number of aryl methyl sites for hydroxylation is 2. The molecule has 6 heteroatoms. The van der Waals surface area contributed by atoms with E-state index in [2.05, 4.69) is 15.5 Å². The van der Waals surface area contributed by atoms with Crippen molar-refractivity contribution in [2.45, 2.75) is 26.7 Å². The second-order valence-corrected chi connectivity index (χ2v) is 5.30. The maximum atomic E-state index is 12.1. The third-order valence-corrected chi connectivity index (χ3v) is 3.65. The smallest absolute Gasteiger partial charge is 0.224 e. The lowest BCUT2D eigenvalue weighted by Gasteiger charge is -2.06. The number of nitrogens with one attached hydrogen (secondary N) is 1. The minimum atomic E-state index is -0.0558. The average molecular weight is 311 g/mol. The molecule has 0 fully saturated rings. The number of hydrogen-bond donors (Lipinski definition) is 1. The highest BCUT2D eigenvalue weighted by molar-refractivity contribution is 5.91. The zero-order valence-corrected chi connectivity index (χ0v) is 13.0. The number of oxazole rings is 1. The highest BCUT2D eigenvalue weighted by Crippen LogP contribution is 2.22. The summed E-state index contributed by atoms with van der Waals surface area (Å²) in [5, 5.41) is 6.79. The molecule has 0 aliphatic rings. The van der Waals surface area contributed by atoms with Crippen molar-refractivity contribution in [1.29, 1.82) is 0 Å². The maximum absolute atomic E-state index is 12.1. The van der Waals surface area contributed by atoms with Crippen LogP contribution in [0.1, 0.15) is 23.4 Å². The molecule has 2 aromatic heterocycles. The molecule has 6 nitrogen and oxygen atoms in total. The van der Waals surface area contributed by atoms with Gasteiger partial charge in [-0.05, 0) is 32.4 Å². The number of rotatable bonds is 5. The van der Waals surface area contributed by atoms with Crippen LogP contribution >= 0.6 is 0 Å². The number of carbonyl (C=O) groups is 1. The molecule has 118 valence electrons. The molecular formula is C17H17N3O3. The molecule has 0 atom stereocenters. The third-order valence-electron chi connectivity index (χ3n) is 3.65. The van der Waals surface area contributed by atoms with Gasteiger partial charge in [0, 0.05) is 23.2 Å². The van der Waals surface area contributed by atoms with Gasteiger partial charge in [-0.2, -0.15) is 0 Å². The summed E-state index contributed by atoms with van der Waals surface area (Å²) in [7, 11) is 0. The van der Waals surface area contributed by atoms with Gasteiger partial charge in [-0.1, -0.05) is 17.3 Å². The summed E-state index contributed by atoms with van der Waals surface area (Å²) in [6, 6.07) is 7.46. The molecule has 0 radical (unpaired) electrons. The van der Waals surface area contributed by atoms with Gasteiger partial charge in [0.25, 0.3) is 0 Å². The Hall–Kier alpha value is -2.89. The molecule has 0 unspecified atom stereocenters. The van der Waals surface area contributed by atoms with Gasteiger partial charge >= 0.3 is 0 Å². The third kappa shape index (κ3) is 3.48. The first-order valence-electron chi connectivity index (χ1n) is 7.34. The van der Waals surface area contributed by atoms with E-state index in [1.54, 1.807) is 6.20 Å². The molecule has 3 aromatic rings. The van der Waals surface area contributed by atoms with E-state index in [-0.39, 0.29) is 5.91 Å². The van der Waals surface area contributed by atoms with Gasteiger partial charge in [0.2, 0.25) is 5.91 Å². The first-order chi connectivity index (χ1) is 11.1. The van der Waals surface area contributed by atoms with E-state index in [9.17, 15) is 4.79 Å². The van der Waals surface area contributed by atoms with Crippen molar-refractivity contribution in [3.63, 3.8) is 0 Å². The Bertz CT molecular complexity index is 787. The van der Waals surface area contributed by atoms with Crippen molar-refractivity contribution in [2.75, 3.05) is 5.32 Å². The Kier molecular flexibility index (Phi) is 4.23. The fourth-order valence-corrected chi connectivity index (χ4v) is 2.43. The van der Waals surface area contributed by atoms with Gasteiger partial charge < -0.3 is 14.3 Å². The Labute approximate surface area is 133 Å². The Morgan fingerprint density at radius 1 is 1.30 bits per heavy atom. The minimum absolute atomic E-state index is 0.0558. The Balaban J connectivity index is 1.63. The summed E-state index contributed by atoms with van der Waals surface area (Å²) in [6.45, 7) is 3.73. The fraction of sp³-hybridized carbons (Fsp3) is 0.235. The van der Waals surface area contributed by atoms with Gasteiger partial charge in [-0.25, -0.2) is 4.98 Å². The van der Waals surface area contributed by atoms with E-state index < -0.39 is 0 Å². The minimum Gasteiger partial charge on any atom is -0.444 e. The van der Waals surface area contributed by atoms with E-state index >= 15 is 0 Å². The molecule has 2 heterocycles. The normalized spacial score (nSPS) is 10.7. The number of nitrogens with zero attached hydrogens (tertiary/aromatic N) is 2. The van der Waals surface area contributed by atoms with Crippen LogP contribution in [0.3, 0.4) is 0 Å². The molecule has 0 aliphatic heterocycles. The highest BCUT2D eigenvalue weighted by atomic mass is 16.5. The lowest BCUT2D eigenvalue weighted by Crippen LogP contribution is -2.12. The fourth-order valence-electron chi connectivity index (χ4n) is 2.43. The predicted molar refractivity (Wildman–Crippen MR) is 84.9 cm³/mol. The van der Waals surface area contributed by atoms with Crippen molar-refractivity contribution in [1.82, 2.24) is 10.1 Å². The molecule has 23 heavy (non-hydrogen) atoms. The van der Waals surface area contributed by atoms with Gasteiger partial charge in [0.1, 0.15) is 5.76 Å². The van der Waals surface area contributed by atoms with Crippen molar-refractivity contribution >= 4 is 11.6 Å². The van der Waals surface area contributed by atoms with Crippen molar-refractivity contribution < 1.29 is 13.7 Å². The van der Waals surface area contributed by atoms with Crippen molar-refractivity contribution in [3.8, 4) is 11.3 Å². The molecule has 3 rings (SSSR count). The molecule has 1 N–H and O–H groups in total. The summed E-state index contributed by atoms with van der Waals surface area (Å²) in [5.41, 5.74) is 3.42. The highest BCUT2D eigenvalue weighted by Gasteiger charge is 2.11. The largest absolute Gasteiger partial charge is 0.444 e. The molecule has 0 bridgehead atoms. The molecule has 1 amide bonds. The topological polar surface area (TPSA) is 81.2 Å². The molecule has 0 spiro atoms. The van der Waals surface area contributed by atoms with E-state index in [1.807, 2.05) is 38.1 Å². The summed E-state index contributed by atoms with van der Waals surface area (Å²) in [5.74, 6) is 1.37. The molecular weight excluding hydrogens is 294 g/mol. The van der Waals surface area contributed by atoms with Crippen LogP contribution in [0.25, 0.3) is 11.3 Å². The van der Waals surface area contributed by atoms with E-state index in [0.717, 1.165) is 28.3 Å². The Morgan fingerprint density at radius 2 is 2.17 bits per heavy atom. The number of carbonyl (C=O) groups excluding carboxylic acids is 1. The SMILES string of the molecule is Cc1noc(C)c1CCC(=O)Nc1cccc(-c2cnco2)c1. The maximum Gasteiger partial charge on any atom is 0.224 e. The lowest BCUT2D eigenvalue weighted by molar-refractivity contribution is -0.116. The van der Waals surface area contributed by atoms with Crippen LogP contribution in [0.2, 0.25) is 0 Å². The molecule has 0 aliphatic carbocycles. The number of hydrogen-bond acceptors (Lipinski definition) is 5. The predicted octanol–water partition coefficient (Wildman–Crippen LogP) is 3.52. The zero-order valence-electron chi connectivity index (χ0n) is 13.0. The van der Waals surface area contributed by atoms with Crippen LogP contribution in [0.4, 0.5) is 5.69 Å². The van der Waals surface area contributed by atoms with Gasteiger partial charge in [0.15, 0.2) is 12.2 Å². The van der Waals surface area contributed by atoms with Crippen molar-refractivity contribution in [3.05, 3.63) is 53.9 Å². The second-order valence-electron chi connectivity index (χ2n) is 5.30. The molecule has 0 saturated carbocycles. The number of amides is 1. The van der Waals surface area contributed by atoms with Crippen LogP contribution in [0.15, 0.2) is 45.8 Å². The monoisotopic (exact) mass is 311 g/mol.